The highest BCUT2D eigenvalue weighted by Gasteiger charge is 2.00. The fourth-order valence-corrected chi connectivity index (χ4v) is 0.718. The van der Waals surface area contributed by atoms with Gasteiger partial charge in [-0.15, -0.1) is 0 Å². The Hall–Kier alpha value is 0.180. The minimum absolute atomic E-state index is 0.965. The van der Waals surface area contributed by atoms with Crippen LogP contribution in [0.25, 0.3) is 0 Å². The van der Waals surface area contributed by atoms with Crippen LogP contribution in [-0.4, -0.2) is 37.5 Å². The van der Waals surface area contributed by atoms with Crippen LogP contribution in [0, 0.1) is 0 Å². The topological polar surface area (TPSA) is 0 Å². The van der Waals surface area contributed by atoms with E-state index in [0.717, 1.165) is 16.4 Å². The number of allylic oxidation sites excluding steroid dienone is 1. The van der Waals surface area contributed by atoms with Crippen molar-refractivity contribution in [2.75, 3.05) is 33.0 Å². The molecular formula is C7H15BrN+. The Bertz CT molecular complexity index is 91.6. The van der Waals surface area contributed by atoms with Gasteiger partial charge in [-0.2, -0.15) is 0 Å². The molecule has 0 rings (SSSR count). The van der Waals surface area contributed by atoms with Gasteiger partial charge >= 0.3 is 0 Å². The monoisotopic (exact) mass is 192 g/mol. The molecule has 2 heteroatoms. The fourth-order valence-electron chi connectivity index (χ4n) is 0.454. The lowest BCUT2D eigenvalue weighted by atomic mass is 10.4. The Morgan fingerprint density at radius 1 is 1.22 bits per heavy atom. The first kappa shape index (κ1) is 9.18. The predicted molar refractivity (Wildman–Crippen MR) is 45.8 cm³/mol. The molecule has 0 amide bonds. The summed E-state index contributed by atoms with van der Waals surface area (Å²) >= 11 is 3.32. The molecule has 0 spiro atoms. The fraction of sp³-hybridized carbons (Fsp3) is 0.714. The largest absolute Gasteiger partial charge is 0.328 e. The van der Waals surface area contributed by atoms with Crippen molar-refractivity contribution in [3.8, 4) is 0 Å². The summed E-state index contributed by atoms with van der Waals surface area (Å²) in [4.78, 5) is 0. The molecule has 0 unspecified atom stereocenters. The third-order valence-corrected chi connectivity index (χ3v) is 1.28. The molecule has 0 aromatic heterocycles. The van der Waals surface area contributed by atoms with Crippen molar-refractivity contribution >= 4 is 15.9 Å². The molecule has 54 valence electrons. The Morgan fingerprint density at radius 3 is 2.11 bits per heavy atom. The van der Waals surface area contributed by atoms with Gasteiger partial charge in [0.25, 0.3) is 0 Å². The quantitative estimate of drug-likeness (QED) is 0.363. The molecule has 0 saturated heterocycles. The number of alkyl halides is 1. The second-order valence-corrected chi connectivity index (χ2v) is 3.75. The van der Waals surface area contributed by atoms with E-state index >= 15 is 0 Å². The van der Waals surface area contributed by atoms with Gasteiger partial charge in [-0.3, -0.25) is 0 Å². The number of nitrogens with zero attached hydrogens (tertiary/aromatic N) is 1. The van der Waals surface area contributed by atoms with Crippen LogP contribution in [0.2, 0.25) is 0 Å². The van der Waals surface area contributed by atoms with Gasteiger partial charge in [0.2, 0.25) is 0 Å². The molecule has 0 bridgehead atoms. The second kappa shape index (κ2) is 4.07. The molecule has 0 saturated carbocycles. The van der Waals surface area contributed by atoms with E-state index in [2.05, 4.69) is 49.2 Å². The molecule has 9 heavy (non-hydrogen) atoms. The summed E-state index contributed by atoms with van der Waals surface area (Å²) in [7, 11) is 6.54. The van der Waals surface area contributed by atoms with Crippen LogP contribution >= 0.6 is 15.9 Å². The van der Waals surface area contributed by atoms with Crippen LogP contribution in [-0.2, 0) is 0 Å². The van der Waals surface area contributed by atoms with Gasteiger partial charge in [-0.1, -0.05) is 22.0 Å². The van der Waals surface area contributed by atoms with E-state index in [1.807, 2.05) is 0 Å². The van der Waals surface area contributed by atoms with Crippen molar-refractivity contribution in [3.63, 3.8) is 0 Å². The highest BCUT2D eigenvalue weighted by Crippen LogP contribution is 1.90. The first-order chi connectivity index (χ1) is 4.06. The van der Waals surface area contributed by atoms with E-state index in [-0.39, 0.29) is 0 Å². The van der Waals surface area contributed by atoms with E-state index in [0.29, 0.717) is 0 Å². The Balaban J connectivity index is 3.38. The SMILES string of the molecule is C[N+](C)(C)CC=CCBr. The lowest BCUT2D eigenvalue weighted by Gasteiger charge is -2.21. The van der Waals surface area contributed by atoms with E-state index < -0.39 is 0 Å². The van der Waals surface area contributed by atoms with Crippen LogP contribution in [0.4, 0.5) is 0 Å². The summed E-state index contributed by atoms with van der Waals surface area (Å²) < 4.78 is 1.00. The van der Waals surface area contributed by atoms with Crippen LogP contribution in [0.3, 0.4) is 0 Å². The lowest BCUT2D eigenvalue weighted by Crippen LogP contribution is -2.34. The van der Waals surface area contributed by atoms with Gasteiger partial charge in [0.15, 0.2) is 0 Å². The smallest absolute Gasteiger partial charge is 0.0967 e. The third kappa shape index (κ3) is 8.18. The van der Waals surface area contributed by atoms with Gasteiger partial charge in [-0.05, 0) is 6.08 Å². The molecule has 0 aliphatic carbocycles. The summed E-state index contributed by atoms with van der Waals surface area (Å²) in [5, 5.41) is 0.965. The van der Waals surface area contributed by atoms with Crippen molar-refractivity contribution in [1.82, 2.24) is 0 Å². The molecule has 0 radical (unpaired) electrons. The third-order valence-electron chi connectivity index (χ3n) is 0.909. The number of hydrogen-bond acceptors (Lipinski definition) is 0. The maximum absolute atomic E-state index is 3.32. The second-order valence-electron chi connectivity index (χ2n) is 3.10. The van der Waals surface area contributed by atoms with E-state index in [1.54, 1.807) is 0 Å². The van der Waals surface area contributed by atoms with Gasteiger partial charge < -0.3 is 4.48 Å². The predicted octanol–water partition coefficient (Wildman–Crippen LogP) is 1.64. The maximum atomic E-state index is 3.32. The number of rotatable bonds is 3. The summed E-state index contributed by atoms with van der Waals surface area (Å²) in [6, 6.07) is 0. The molecule has 0 fully saturated rings. The Morgan fingerprint density at radius 2 is 1.78 bits per heavy atom. The number of quaternary nitrogens is 1. The normalized spacial score (nSPS) is 12.9. The lowest BCUT2D eigenvalue weighted by molar-refractivity contribution is -0.864. The molecule has 0 aromatic rings. The zero-order chi connectivity index (χ0) is 7.33. The van der Waals surface area contributed by atoms with Gasteiger partial charge in [-0.25, -0.2) is 0 Å². The van der Waals surface area contributed by atoms with E-state index in [9.17, 15) is 0 Å². The summed E-state index contributed by atoms with van der Waals surface area (Å²) in [5.74, 6) is 0. The van der Waals surface area contributed by atoms with Crippen molar-refractivity contribution < 1.29 is 4.48 Å². The summed E-state index contributed by atoms with van der Waals surface area (Å²) in [5.41, 5.74) is 0. The van der Waals surface area contributed by atoms with Gasteiger partial charge in [0.1, 0.15) is 0 Å². The van der Waals surface area contributed by atoms with E-state index in [4.69, 9.17) is 0 Å². The first-order valence-electron chi connectivity index (χ1n) is 3.07. The molecule has 1 nitrogen and oxygen atoms in total. The molecule has 0 atom stereocenters. The number of halogens is 1. The minimum atomic E-state index is 0.965. The van der Waals surface area contributed by atoms with Gasteiger partial charge in [0, 0.05) is 5.33 Å². The number of hydrogen-bond donors (Lipinski definition) is 0. The minimum Gasteiger partial charge on any atom is -0.328 e. The zero-order valence-corrected chi connectivity index (χ0v) is 7.98. The Labute approximate surface area is 66.1 Å². The van der Waals surface area contributed by atoms with Crippen molar-refractivity contribution in [1.29, 1.82) is 0 Å². The Kier molecular flexibility index (Phi) is 4.15. The average Bonchev–Trinajstić information content (AvgIpc) is 1.63. The van der Waals surface area contributed by atoms with Gasteiger partial charge in [0.05, 0.1) is 27.7 Å². The van der Waals surface area contributed by atoms with Crippen LogP contribution < -0.4 is 0 Å². The van der Waals surface area contributed by atoms with Crippen LogP contribution in [0.1, 0.15) is 0 Å². The molecular weight excluding hydrogens is 178 g/mol. The van der Waals surface area contributed by atoms with E-state index in [1.165, 1.54) is 0 Å². The van der Waals surface area contributed by atoms with Crippen molar-refractivity contribution in [2.45, 2.75) is 0 Å². The standard InChI is InChI=1S/C7H15BrN/c1-9(2,3)7-5-4-6-8/h4-5H,6-7H2,1-3H3/q+1. The number of likely N-dealkylation sites (N-methyl/N-ethyl adjacent to an activating group) is 1. The maximum Gasteiger partial charge on any atom is 0.0967 e. The zero-order valence-electron chi connectivity index (χ0n) is 6.39. The molecule has 0 heterocycles. The highest BCUT2D eigenvalue weighted by atomic mass is 79.9. The molecule has 0 aromatic carbocycles. The summed E-state index contributed by atoms with van der Waals surface area (Å²) in [6.07, 6.45) is 4.32. The molecule has 0 aliphatic heterocycles. The molecule has 0 N–H and O–H groups in total. The van der Waals surface area contributed by atoms with Crippen molar-refractivity contribution in [2.24, 2.45) is 0 Å². The molecule has 0 aliphatic rings. The van der Waals surface area contributed by atoms with Crippen LogP contribution in [0.5, 0.6) is 0 Å². The highest BCUT2D eigenvalue weighted by molar-refractivity contribution is 9.09. The first-order valence-corrected chi connectivity index (χ1v) is 4.20. The average molecular weight is 193 g/mol. The van der Waals surface area contributed by atoms with Crippen molar-refractivity contribution in [3.05, 3.63) is 12.2 Å². The van der Waals surface area contributed by atoms with Crippen LogP contribution in [0.15, 0.2) is 12.2 Å². The summed E-state index contributed by atoms with van der Waals surface area (Å²) in [6.45, 7) is 1.10.